The maximum Gasteiger partial charge on any atom is 0.330 e. The van der Waals surface area contributed by atoms with E-state index in [1.165, 1.54) is 19.2 Å². The fraction of sp³-hybridized carbons (Fsp3) is 0.500. The maximum atomic E-state index is 13.7. The Hall–Kier alpha value is -2.11. The van der Waals surface area contributed by atoms with Crippen molar-refractivity contribution >= 4 is 11.9 Å². The second kappa shape index (κ2) is 7.77. The van der Waals surface area contributed by atoms with Crippen LogP contribution in [0.5, 0.6) is 5.75 Å². The van der Waals surface area contributed by atoms with Crippen molar-refractivity contribution in [3.05, 3.63) is 29.6 Å². The van der Waals surface area contributed by atoms with E-state index in [9.17, 15) is 19.1 Å². The largest absolute Gasteiger partial charge is 0.494 e. The van der Waals surface area contributed by atoms with Crippen molar-refractivity contribution in [2.24, 2.45) is 11.8 Å². The Morgan fingerprint density at radius 1 is 1.36 bits per heavy atom. The van der Waals surface area contributed by atoms with Gasteiger partial charge in [0.1, 0.15) is 0 Å². The molecule has 1 amide bonds. The van der Waals surface area contributed by atoms with Crippen LogP contribution in [0.2, 0.25) is 0 Å². The van der Waals surface area contributed by atoms with Gasteiger partial charge in [-0.15, -0.1) is 0 Å². The number of carboxylic acid groups (broad SMARTS) is 1. The van der Waals surface area contributed by atoms with Gasteiger partial charge in [-0.3, -0.25) is 4.79 Å². The molecule has 2 N–H and O–H groups in total. The number of carboxylic acids is 1. The molecule has 0 heterocycles. The van der Waals surface area contributed by atoms with Crippen molar-refractivity contribution in [1.82, 2.24) is 5.32 Å². The normalized spacial score (nSPS) is 14.8. The number of nitrogens with one attached hydrogen (secondary N) is 1. The third kappa shape index (κ3) is 4.19. The van der Waals surface area contributed by atoms with Crippen LogP contribution in [0.15, 0.2) is 18.2 Å². The number of carbonyl (C=O) groups excluding carboxylic acids is 1. The van der Waals surface area contributed by atoms with Gasteiger partial charge in [0.25, 0.3) is 0 Å². The Balaban J connectivity index is 2.98. The van der Waals surface area contributed by atoms with Gasteiger partial charge in [-0.2, -0.15) is 0 Å². The summed E-state index contributed by atoms with van der Waals surface area (Å²) >= 11 is 0. The molecule has 22 heavy (non-hydrogen) atoms. The molecule has 0 bridgehead atoms. The van der Waals surface area contributed by atoms with Gasteiger partial charge in [0, 0.05) is 5.92 Å². The van der Waals surface area contributed by atoms with Crippen LogP contribution in [0, 0.1) is 17.7 Å². The maximum absolute atomic E-state index is 13.7. The Labute approximate surface area is 129 Å². The van der Waals surface area contributed by atoms with Gasteiger partial charge in [-0.25, -0.2) is 9.18 Å². The van der Waals surface area contributed by atoms with Gasteiger partial charge < -0.3 is 15.2 Å². The number of amides is 1. The van der Waals surface area contributed by atoms with E-state index in [4.69, 9.17) is 4.74 Å². The summed E-state index contributed by atoms with van der Waals surface area (Å²) < 4.78 is 18.5. The monoisotopic (exact) mass is 311 g/mol. The molecule has 0 saturated carbocycles. The van der Waals surface area contributed by atoms with Crippen molar-refractivity contribution < 1.29 is 23.8 Å². The Morgan fingerprint density at radius 2 is 2.00 bits per heavy atom. The molecular weight excluding hydrogens is 289 g/mol. The van der Waals surface area contributed by atoms with E-state index in [0.717, 1.165) is 12.5 Å². The summed E-state index contributed by atoms with van der Waals surface area (Å²) in [5.41, 5.74) is 0.163. The highest BCUT2D eigenvalue weighted by Gasteiger charge is 2.27. The summed E-state index contributed by atoms with van der Waals surface area (Å²) in [6.45, 7) is 5.63. The second-order valence-electron chi connectivity index (χ2n) is 5.35. The molecule has 1 aromatic rings. The van der Waals surface area contributed by atoms with Crippen molar-refractivity contribution in [3.8, 4) is 5.75 Å². The second-order valence-corrected chi connectivity index (χ2v) is 5.35. The van der Waals surface area contributed by atoms with Crippen molar-refractivity contribution in [3.63, 3.8) is 0 Å². The zero-order valence-corrected chi connectivity index (χ0v) is 13.2. The summed E-state index contributed by atoms with van der Waals surface area (Å²) in [7, 11) is 1.32. The molecule has 122 valence electrons. The van der Waals surface area contributed by atoms with Crippen LogP contribution in [-0.2, 0) is 9.59 Å². The third-order valence-corrected chi connectivity index (χ3v) is 3.95. The topological polar surface area (TPSA) is 75.6 Å². The molecule has 5 nitrogen and oxygen atoms in total. The predicted octanol–water partition coefficient (Wildman–Crippen LogP) is 2.76. The van der Waals surface area contributed by atoms with E-state index in [-0.39, 0.29) is 29.1 Å². The number of carbonyl (C=O) groups is 2. The number of aliphatic carboxylic acids is 1. The molecule has 1 aromatic carbocycles. The van der Waals surface area contributed by atoms with E-state index < -0.39 is 17.8 Å². The van der Waals surface area contributed by atoms with Crippen LogP contribution < -0.4 is 10.1 Å². The standard InChI is InChI=1S/C16H22FNO4/c1-5-9(2)10(3)15(19)18-14(16(20)21)11-6-7-13(22-4)12(17)8-11/h6-10,14H,5H2,1-4H3,(H,18,19)(H,20,21). The number of halogens is 1. The minimum atomic E-state index is -1.29. The lowest BCUT2D eigenvalue weighted by atomic mass is 9.92. The zero-order valence-electron chi connectivity index (χ0n) is 13.2. The molecule has 3 unspecified atom stereocenters. The molecule has 0 aliphatic heterocycles. The summed E-state index contributed by atoms with van der Waals surface area (Å²) in [6, 6.07) is 2.53. The molecule has 0 aliphatic carbocycles. The molecule has 0 aliphatic rings. The number of methoxy groups -OCH3 is 1. The fourth-order valence-corrected chi connectivity index (χ4v) is 2.04. The number of benzene rings is 1. The molecule has 0 radical (unpaired) electrons. The van der Waals surface area contributed by atoms with E-state index in [0.29, 0.717) is 0 Å². The summed E-state index contributed by atoms with van der Waals surface area (Å²) in [5.74, 6) is -2.45. The molecule has 3 atom stereocenters. The molecule has 0 spiro atoms. The first-order chi connectivity index (χ1) is 10.3. The average molecular weight is 311 g/mol. The quantitative estimate of drug-likeness (QED) is 0.812. The van der Waals surface area contributed by atoms with Crippen LogP contribution in [0.25, 0.3) is 0 Å². The van der Waals surface area contributed by atoms with Crippen LogP contribution in [0.1, 0.15) is 38.8 Å². The minimum Gasteiger partial charge on any atom is -0.494 e. The third-order valence-electron chi connectivity index (χ3n) is 3.95. The Bertz CT molecular complexity index is 547. The smallest absolute Gasteiger partial charge is 0.330 e. The predicted molar refractivity (Wildman–Crippen MR) is 80.1 cm³/mol. The number of hydrogen-bond donors (Lipinski definition) is 2. The van der Waals surface area contributed by atoms with Gasteiger partial charge in [-0.05, 0) is 23.6 Å². The molecule has 0 fully saturated rings. The van der Waals surface area contributed by atoms with E-state index in [1.807, 2.05) is 13.8 Å². The van der Waals surface area contributed by atoms with Crippen molar-refractivity contribution in [1.29, 1.82) is 0 Å². The lowest BCUT2D eigenvalue weighted by Crippen LogP contribution is -2.38. The number of ether oxygens (including phenoxy) is 1. The molecule has 0 aromatic heterocycles. The summed E-state index contributed by atoms with van der Waals surface area (Å²) in [4.78, 5) is 23.5. The van der Waals surface area contributed by atoms with Crippen LogP contribution >= 0.6 is 0 Å². The van der Waals surface area contributed by atoms with Gasteiger partial charge in [0.05, 0.1) is 7.11 Å². The van der Waals surface area contributed by atoms with Gasteiger partial charge in [0.2, 0.25) is 5.91 Å². The summed E-state index contributed by atoms with van der Waals surface area (Å²) in [6.07, 6.45) is 0.809. The number of hydrogen-bond acceptors (Lipinski definition) is 3. The van der Waals surface area contributed by atoms with Crippen LogP contribution in [0.3, 0.4) is 0 Å². The lowest BCUT2D eigenvalue weighted by molar-refractivity contribution is -0.142. The zero-order chi connectivity index (χ0) is 16.9. The minimum absolute atomic E-state index is 0.0205. The van der Waals surface area contributed by atoms with Gasteiger partial charge in [-0.1, -0.05) is 33.3 Å². The van der Waals surface area contributed by atoms with E-state index >= 15 is 0 Å². The van der Waals surface area contributed by atoms with Crippen molar-refractivity contribution in [2.75, 3.05) is 7.11 Å². The average Bonchev–Trinajstić information content (AvgIpc) is 2.50. The van der Waals surface area contributed by atoms with Crippen molar-refractivity contribution in [2.45, 2.75) is 33.2 Å². The highest BCUT2D eigenvalue weighted by Crippen LogP contribution is 2.23. The molecule has 1 rings (SSSR count). The highest BCUT2D eigenvalue weighted by atomic mass is 19.1. The highest BCUT2D eigenvalue weighted by molar-refractivity contribution is 5.85. The molecule has 0 saturated heterocycles. The molecular formula is C16H22FNO4. The lowest BCUT2D eigenvalue weighted by Gasteiger charge is -2.21. The Morgan fingerprint density at radius 3 is 2.45 bits per heavy atom. The van der Waals surface area contributed by atoms with Gasteiger partial charge >= 0.3 is 5.97 Å². The fourth-order valence-electron chi connectivity index (χ4n) is 2.04. The van der Waals surface area contributed by atoms with Crippen LogP contribution in [-0.4, -0.2) is 24.1 Å². The van der Waals surface area contributed by atoms with E-state index in [2.05, 4.69) is 5.32 Å². The Kier molecular flexibility index (Phi) is 6.34. The SMILES string of the molecule is CCC(C)C(C)C(=O)NC(C(=O)O)c1ccc(OC)c(F)c1. The first kappa shape index (κ1) is 17.9. The summed E-state index contributed by atoms with van der Waals surface area (Å²) in [5, 5.41) is 11.8. The number of rotatable bonds is 7. The first-order valence-corrected chi connectivity index (χ1v) is 7.18. The van der Waals surface area contributed by atoms with E-state index in [1.54, 1.807) is 6.92 Å². The van der Waals surface area contributed by atoms with Gasteiger partial charge in [0.15, 0.2) is 17.6 Å². The van der Waals surface area contributed by atoms with Crippen LogP contribution in [0.4, 0.5) is 4.39 Å². The molecule has 6 heteroatoms. The first-order valence-electron chi connectivity index (χ1n) is 7.18.